The maximum atomic E-state index is 15.6. The third kappa shape index (κ3) is 8.43. The van der Waals surface area contributed by atoms with Crippen molar-refractivity contribution >= 4 is 118 Å². The Kier molecular flexibility index (Phi) is 13.2. The van der Waals surface area contributed by atoms with Gasteiger partial charge in [0, 0.05) is 22.3 Å². The number of carbonyl (C=O) groups excluding carboxylic acids is 1. The fourth-order valence-electron chi connectivity index (χ4n) is 9.39. The Balaban J connectivity index is 1.68. The van der Waals surface area contributed by atoms with E-state index in [1.54, 1.807) is 12.1 Å². The van der Waals surface area contributed by atoms with Crippen molar-refractivity contribution in [3.63, 3.8) is 0 Å². The first-order valence-corrected chi connectivity index (χ1v) is 20.9. The quantitative estimate of drug-likeness (QED) is 0.0586. The van der Waals surface area contributed by atoms with Crippen LogP contribution in [0.15, 0.2) is 58.5 Å². The van der Waals surface area contributed by atoms with Gasteiger partial charge in [0.25, 0.3) is 5.56 Å². The Morgan fingerprint density at radius 1 is 0.825 bits per heavy atom. The number of carbonyl (C=O) groups is 1. The van der Waals surface area contributed by atoms with Gasteiger partial charge in [0.05, 0.1) is 5.56 Å². The average Bonchev–Trinajstić information content (AvgIpc) is 3.63. The van der Waals surface area contributed by atoms with E-state index < -0.39 is 27.8 Å². The van der Waals surface area contributed by atoms with Crippen LogP contribution in [0.1, 0.15) is 48.2 Å². The van der Waals surface area contributed by atoms with Crippen LogP contribution in [-0.2, 0) is 41.4 Å². The van der Waals surface area contributed by atoms with Gasteiger partial charge in [-0.15, -0.1) is 0 Å². The summed E-state index contributed by atoms with van der Waals surface area (Å²) in [5.74, 6) is -0.0169. The number of alkyl halides is 3. The van der Waals surface area contributed by atoms with Gasteiger partial charge in [0.1, 0.15) is 90.8 Å². The first kappa shape index (κ1) is 44.8. The van der Waals surface area contributed by atoms with E-state index in [1.807, 2.05) is 40.9 Å². The zero-order valence-corrected chi connectivity index (χ0v) is 36.4. The second kappa shape index (κ2) is 16.7. The van der Waals surface area contributed by atoms with Crippen molar-refractivity contribution in [2.75, 3.05) is 13.1 Å². The second-order valence-corrected chi connectivity index (χ2v) is 17.8. The van der Waals surface area contributed by atoms with Crippen LogP contribution in [0.3, 0.4) is 0 Å². The molecule has 288 valence electrons. The molecule has 0 radical (unpaired) electrons. The number of aromatic nitrogens is 2. The molecule has 0 N–H and O–H groups in total. The lowest BCUT2D eigenvalue weighted by Gasteiger charge is -2.61. The van der Waals surface area contributed by atoms with Gasteiger partial charge in [-0.05, 0) is 84.0 Å². The largest absolute Gasteiger partial charge is 0.416 e. The van der Waals surface area contributed by atoms with E-state index >= 15 is 4.79 Å². The Labute approximate surface area is 348 Å². The van der Waals surface area contributed by atoms with E-state index in [-0.39, 0.29) is 23.8 Å². The number of halogens is 4. The highest BCUT2D eigenvalue weighted by Gasteiger charge is 2.51. The van der Waals surface area contributed by atoms with E-state index in [2.05, 4.69) is 70.8 Å². The number of hydrogen-bond donors (Lipinski definition) is 0. The molecule has 0 saturated heterocycles. The SMILES string of the molecule is Bc1c(B)c(C(B)(B)N(C(=O)Cn2c(SCc3ccc(F)cc3)nc(=O)c3c2CCC3)C(B)(B)C(B)(B)N(CC)CC)c(B)c(B)c1-c1ccc(C(F)(F)F)cc1. The number of likely N-dealkylation sites (N-methyl/N-ethyl adjacent to an activating group) is 1. The molecule has 4 aromatic rings. The number of nitrogens with zero attached hydrogens (tertiary/aromatic N) is 4. The van der Waals surface area contributed by atoms with Crippen molar-refractivity contribution in [1.29, 1.82) is 0 Å². The highest BCUT2D eigenvalue weighted by molar-refractivity contribution is 7.98. The fourth-order valence-corrected chi connectivity index (χ4v) is 10.4. The normalized spacial score (nSPS) is 13.5. The molecular formula is C36H48B10F4N4O2S. The number of hydrogen-bond acceptors (Lipinski definition) is 5. The van der Waals surface area contributed by atoms with Crippen LogP contribution < -0.4 is 27.4 Å². The molecule has 1 aromatic heterocycles. The third-order valence-corrected chi connectivity index (χ3v) is 14.0. The molecule has 21 heteroatoms. The minimum atomic E-state index is -4.43. The third-order valence-electron chi connectivity index (χ3n) is 12.9. The summed E-state index contributed by atoms with van der Waals surface area (Å²) in [5.41, 5.74) is 7.79. The molecule has 0 spiro atoms. The number of thioether (sulfide) groups is 1. The minimum Gasteiger partial charge on any atom is -0.357 e. The fraction of sp³-hybridized carbons (Fsp3) is 0.361. The van der Waals surface area contributed by atoms with Crippen LogP contribution in [0.2, 0.25) is 0 Å². The van der Waals surface area contributed by atoms with Gasteiger partial charge < -0.3 is 14.4 Å². The molecule has 0 saturated carbocycles. The van der Waals surface area contributed by atoms with Crippen molar-refractivity contribution in [3.8, 4) is 11.1 Å². The first-order valence-electron chi connectivity index (χ1n) is 19.9. The lowest BCUT2D eigenvalue weighted by molar-refractivity contribution is -0.138. The predicted octanol–water partition coefficient (Wildman–Crippen LogP) is -6.03. The molecule has 0 fully saturated rings. The second-order valence-electron chi connectivity index (χ2n) is 16.9. The van der Waals surface area contributed by atoms with Crippen molar-refractivity contribution in [2.45, 2.75) is 72.8 Å². The summed E-state index contributed by atoms with van der Waals surface area (Å²) in [6.45, 7) is 5.75. The minimum absolute atomic E-state index is 0.0394. The molecule has 1 aliphatic carbocycles. The zero-order chi connectivity index (χ0) is 42.4. The lowest BCUT2D eigenvalue weighted by atomic mass is 9.34. The molecule has 1 aliphatic rings. The predicted molar refractivity (Wildman–Crippen MR) is 254 cm³/mol. The highest BCUT2D eigenvalue weighted by Crippen LogP contribution is 2.35. The standard InChI is InChI=1S/C36H48B10F4N4O2S/c1-3-52(4-2)35(43,44)36(45,46)54(24(55)16-53-23-7-5-6-22(23)31(56)51-32(53)57-17-18-8-14-21(47)15-9-18)33(41,42)26-29(39)27(37)25(28(38)30(26)40)19-10-12-20(13-11-19)34(48,49)50/h8-15H,3-7,16-17,37-46H2,1-2H3. The van der Waals surface area contributed by atoms with Crippen molar-refractivity contribution < 1.29 is 22.4 Å². The van der Waals surface area contributed by atoms with Gasteiger partial charge in [-0.25, -0.2) is 4.39 Å². The molecular weight excluding hydrogens is 737 g/mol. The van der Waals surface area contributed by atoms with Crippen LogP contribution in [-0.4, -0.2) is 127 Å². The maximum absolute atomic E-state index is 15.6. The van der Waals surface area contributed by atoms with E-state index in [9.17, 15) is 22.4 Å². The lowest BCUT2D eigenvalue weighted by Crippen LogP contribution is -2.78. The number of rotatable bonds is 13. The van der Waals surface area contributed by atoms with Crippen molar-refractivity contribution in [2.24, 2.45) is 0 Å². The monoisotopic (exact) mass is 786 g/mol. The topological polar surface area (TPSA) is 58.4 Å². The molecule has 5 rings (SSSR count). The van der Waals surface area contributed by atoms with Gasteiger partial charge in [0.15, 0.2) is 5.16 Å². The van der Waals surface area contributed by atoms with Crippen LogP contribution >= 0.6 is 11.8 Å². The average molecular weight is 785 g/mol. The van der Waals surface area contributed by atoms with Gasteiger partial charge in [-0.2, -0.15) is 18.2 Å². The molecule has 57 heavy (non-hydrogen) atoms. The smallest absolute Gasteiger partial charge is 0.357 e. The summed E-state index contributed by atoms with van der Waals surface area (Å²) in [6.07, 6.45) is -2.37. The zero-order valence-electron chi connectivity index (χ0n) is 35.6. The van der Waals surface area contributed by atoms with Gasteiger partial charge in [-0.3, -0.25) is 9.59 Å². The van der Waals surface area contributed by atoms with E-state index in [4.69, 9.17) is 0 Å². The molecule has 0 atom stereocenters. The van der Waals surface area contributed by atoms with Crippen LogP contribution in [0.5, 0.6) is 0 Å². The van der Waals surface area contributed by atoms with E-state index in [0.717, 1.165) is 75.9 Å². The number of benzene rings is 3. The molecule has 0 bridgehead atoms. The summed E-state index contributed by atoms with van der Waals surface area (Å²) in [5, 5.41) is -1.73. The Hall–Kier alpha value is -3.31. The number of amides is 1. The molecule has 0 aliphatic heterocycles. The Bertz CT molecular complexity index is 2190. The first-order chi connectivity index (χ1) is 26.5. The molecule has 1 heterocycles. The summed E-state index contributed by atoms with van der Waals surface area (Å²) >= 11 is 1.37. The summed E-state index contributed by atoms with van der Waals surface area (Å²) in [7, 11) is 20.9. The summed E-state index contributed by atoms with van der Waals surface area (Å²) in [6, 6.07) is 11.6. The summed E-state index contributed by atoms with van der Waals surface area (Å²) < 4.78 is 56.2. The van der Waals surface area contributed by atoms with E-state index in [0.29, 0.717) is 34.9 Å². The molecule has 0 unspecified atom stereocenters. The Morgan fingerprint density at radius 3 is 1.91 bits per heavy atom. The van der Waals surface area contributed by atoms with E-state index in [1.165, 1.54) is 36.0 Å². The molecule has 6 nitrogen and oxygen atoms in total. The number of fused-ring (bicyclic) bond motifs is 1. The Morgan fingerprint density at radius 2 is 1.39 bits per heavy atom. The summed E-state index contributed by atoms with van der Waals surface area (Å²) in [4.78, 5) is 37.9. The van der Waals surface area contributed by atoms with Crippen molar-refractivity contribution in [3.05, 3.63) is 92.6 Å². The van der Waals surface area contributed by atoms with Gasteiger partial charge in [-0.1, -0.05) is 77.3 Å². The van der Waals surface area contributed by atoms with Gasteiger partial charge in [0.2, 0.25) is 5.91 Å². The van der Waals surface area contributed by atoms with Crippen LogP contribution in [0.25, 0.3) is 11.1 Å². The van der Waals surface area contributed by atoms with Crippen LogP contribution in [0, 0.1) is 5.82 Å². The van der Waals surface area contributed by atoms with Crippen molar-refractivity contribution in [1.82, 2.24) is 19.4 Å². The molecule has 3 aromatic carbocycles. The van der Waals surface area contributed by atoms with Crippen LogP contribution in [0.4, 0.5) is 17.6 Å². The highest BCUT2D eigenvalue weighted by atomic mass is 32.2. The maximum Gasteiger partial charge on any atom is 0.416 e. The van der Waals surface area contributed by atoms with Gasteiger partial charge >= 0.3 is 6.18 Å². The molecule has 1 amide bonds.